The molecule has 6 heteroatoms. The number of halogens is 2. The van der Waals surface area contributed by atoms with Crippen molar-refractivity contribution in [3.8, 4) is 0 Å². The Morgan fingerprint density at radius 1 is 1.45 bits per heavy atom. The van der Waals surface area contributed by atoms with Gasteiger partial charge in [-0.3, -0.25) is 9.69 Å². The topological polar surface area (TPSA) is 44.4 Å². The first-order valence-corrected chi connectivity index (χ1v) is 7.55. The average molecular weight is 328 g/mol. The number of anilines is 1. The van der Waals surface area contributed by atoms with Crippen LogP contribution in [-0.4, -0.2) is 43.5 Å². The van der Waals surface area contributed by atoms with E-state index in [1.54, 1.807) is 19.1 Å². The number of hydrogen-bond donors (Lipinski definition) is 2. The molecule has 0 aliphatic carbocycles. The highest BCUT2D eigenvalue weighted by Crippen LogP contribution is 2.35. The summed E-state index contributed by atoms with van der Waals surface area (Å²) in [5.41, 5.74) is 1.48. The van der Waals surface area contributed by atoms with Gasteiger partial charge in [0.25, 0.3) is 0 Å². The van der Waals surface area contributed by atoms with E-state index in [9.17, 15) is 9.18 Å². The molecule has 1 aromatic carbocycles. The fraction of sp³-hybridized carbons (Fsp3) is 0.562. The lowest BCUT2D eigenvalue weighted by Crippen LogP contribution is -2.34. The summed E-state index contributed by atoms with van der Waals surface area (Å²) in [5, 5.41) is 6.19. The number of carbonyl (C=O) groups is 1. The number of hydrogen-bond acceptors (Lipinski definition) is 3. The molecular weight excluding hydrogens is 305 g/mol. The van der Waals surface area contributed by atoms with Gasteiger partial charge in [0, 0.05) is 18.8 Å². The maximum Gasteiger partial charge on any atom is 0.238 e. The van der Waals surface area contributed by atoms with Crippen LogP contribution in [0.4, 0.5) is 10.1 Å². The van der Waals surface area contributed by atoms with Gasteiger partial charge in [-0.25, -0.2) is 4.39 Å². The molecule has 1 spiro atoms. The number of likely N-dealkylation sites (tertiary alicyclic amines) is 1. The van der Waals surface area contributed by atoms with E-state index in [0.717, 1.165) is 32.6 Å². The molecule has 0 radical (unpaired) electrons. The summed E-state index contributed by atoms with van der Waals surface area (Å²) in [5.74, 6) is -0.355. The lowest BCUT2D eigenvalue weighted by atomic mass is 9.87. The third-order valence-corrected chi connectivity index (χ3v) is 4.67. The predicted molar refractivity (Wildman–Crippen MR) is 88.0 cm³/mol. The van der Waals surface area contributed by atoms with E-state index in [4.69, 9.17) is 0 Å². The Bertz CT molecular complexity index is 546. The molecule has 1 atom stereocenters. The van der Waals surface area contributed by atoms with Crippen LogP contribution in [0.5, 0.6) is 0 Å². The van der Waals surface area contributed by atoms with Crippen LogP contribution in [0.25, 0.3) is 0 Å². The lowest BCUT2D eigenvalue weighted by Gasteiger charge is -2.22. The van der Waals surface area contributed by atoms with Crippen LogP contribution in [0.15, 0.2) is 18.2 Å². The quantitative estimate of drug-likeness (QED) is 0.894. The minimum atomic E-state index is -0.287. The molecule has 0 saturated carbocycles. The Labute approximate surface area is 136 Å². The molecule has 1 aromatic rings. The minimum absolute atomic E-state index is 0. The summed E-state index contributed by atoms with van der Waals surface area (Å²) in [6, 6.07) is 4.79. The predicted octanol–water partition coefficient (Wildman–Crippen LogP) is 2.18. The maximum atomic E-state index is 13.5. The molecule has 3 rings (SSSR count). The van der Waals surface area contributed by atoms with E-state index in [0.29, 0.717) is 23.2 Å². The Morgan fingerprint density at radius 2 is 2.27 bits per heavy atom. The summed E-state index contributed by atoms with van der Waals surface area (Å²) < 4.78 is 13.5. The van der Waals surface area contributed by atoms with Gasteiger partial charge >= 0.3 is 0 Å². The lowest BCUT2D eigenvalue weighted by molar-refractivity contribution is -0.117. The van der Waals surface area contributed by atoms with E-state index in [1.165, 1.54) is 12.5 Å². The summed E-state index contributed by atoms with van der Waals surface area (Å²) in [7, 11) is 0. The third-order valence-electron chi connectivity index (χ3n) is 4.67. The van der Waals surface area contributed by atoms with Gasteiger partial charge in [-0.05, 0) is 56.0 Å². The fourth-order valence-corrected chi connectivity index (χ4v) is 3.38. The highest BCUT2D eigenvalue weighted by atomic mass is 35.5. The molecule has 2 aliphatic rings. The van der Waals surface area contributed by atoms with Gasteiger partial charge in [0.2, 0.25) is 5.91 Å². The number of nitrogens with one attached hydrogen (secondary N) is 2. The summed E-state index contributed by atoms with van der Waals surface area (Å²) in [6.45, 7) is 6.20. The zero-order valence-electron chi connectivity index (χ0n) is 12.8. The van der Waals surface area contributed by atoms with Crippen molar-refractivity contribution in [2.24, 2.45) is 5.41 Å². The van der Waals surface area contributed by atoms with E-state index in [2.05, 4.69) is 15.5 Å². The van der Waals surface area contributed by atoms with Crippen molar-refractivity contribution < 1.29 is 9.18 Å². The SMILES string of the molecule is Cc1ccc(NC(=O)CN2CCC3(CCNC3)C2)cc1F.Cl. The van der Waals surface area contributed by atoms with Crippen molar-refractivity contribution in [1.29, 1.82) is 0 Å². The van der Waals surface area contributed by atoms with Crippen LogP contribution in [0.3, 0.4) is 0 Å². The number of benzene rings is 1. The number of amides is 1. The molecule has 0 aromatic heterocycles. The Morgan fingerprint density at radius 3 is 2.95 bits per heavy atom. The zero-order chi connectivity index (χ0) is 14.9. The molecule has 2 aliphatic heterocycles. The van der Waals surface area contributed by atoms with Crippen molar-refractivity contribution in [1.82, 2.24) is 10.2 Å². The standard InChI is InChI=1S/C16H22FN3O.ClH/c1-12-2-3-13(8-14(12)17)19-15(21)9-20-7-5-16(11-20)4-6-18-10-16;/h2-3,8,18H,4-7,9-11H2,1H3,(H,19,21);1H. The fourth-order valence-electron chi connectivity index (χ4n) is 3.38. The Hall–Kier alpha value is -1.17. The highest BCUT2D eigenvalue weighted by Gasteiger charge is 2.40. The minimum Gasteiger partial charge on any atom is -0.325 e. The normalized spacial score (nSPS) is 24.5. The first kappa shape index (κ1) is 17.2. The molecule has 2 heterocycles. The van der Waals surface area contributed by atoms with E-state index >= 15 is 0 Å². The van der Waals surface area contributed by atoms with Gasteiger partial charge in [0.05, 0.1) is 6.54 Å². The third kappa shape index (κ3) is 3.77. The number of carbonyl (C=O) groups excluding carboxylic acids is 1. The number of aryl methyl sites for hydroxylation is 1. The van der Waals surface area contributed by atoms with Crippen LogP contribution in [0.1, 0.15) is 18.4 Å². The molecule has 22 heavy (non-hydrogen) atoms. The Kier molecular flexibility index (Phi) is 5.42. The number of rotatable bonds is 3. The zero-order valence-corrected chi connectivity index (χ0v) is 13.6. The second-order valence-electron chi connectivity index (χ2n) is 6.40. The van der Waals surface area contributed by atoms with Gasteiger partial charge in [0.15, 0.2) is 0 Å². The van der Waals surface area contributed by atoms with Crippen molar-refractivity contribution in [3.63, 3.8) is 0 Å². The van der Waals surface area contributed by atoms with E-state index in [1.807, 2.05) is 0 Å². The van der Waals surface area contributed by atoms with Crippen LogP contribution >= 0.6 is 12.4 Å². The summed E-state index contributed by atoms with van der Waals surface area (Å²) >= 11 is 0. The molecular formula is C16H23ClFN3O. The molecule has 2 fully saturated rings. The van der Waals surface area contributed by atoms with Crippen LogP contribution in [0, 0.1) is 18.2 Å². The molecule has 122 valence electrons. The smallest absolute Gasteiger partial charge is 0.238 e. The first-order valence-electron chi connectivity index (χ1n) is 7.55. The summed E-state index contributed by atoms with van der Waals surface area (Å²) in [4.78, 5) is 14.3. The number of nitrogens with zero attached hydrogens (tertiary/aromatic N) is 1. The maximum absolute atomic E-state index is 13.5. The van der Waals surface area contributed by atoms with Crippen molar-refractivity contribution in [2.45, 2.75) is 19.8 Å². The average Bonchev–Trinajstić information content (AvgIpc) is 3.05. The molecule has 1 amide bonds. The molecule has 2 N–H and O–H groups in total. The van der Waals surface area contributed by atoms with E-state index < -0.39 is 0 Å². The van der Waals surface area contributed by atoms with Gasteiger partial charge in [-0.1, -0.05) is 6.07 Å². The van der Waals surface area contributed by atoms with E-state index in [-0.39, 0.29) is 24.1 Å². The second-order valence-corrected chi connectivity index (χ2v) is 6.40. The van der Waals surface area contributed by atoms with Crippen LogP contribution < -0.4 is 10.6 Å². The summed E-state index contributed by atoms with van der Waals surface area (Å²) in [6.07, 6.45) is 2.36. The van der Waals surface area contributed by atoms with Gasteiger partial charge < -0.3 is 10.6 Å². The van der Waals surface area contributed by atoms with Crippen LogP contribution in [-0.2, 0) is 4.79 Å². The second kappa shape index (κ2) is 6.94. The first-order chi connectivity index (χ1) is 10.1. The van der Waals surface area contributed by atoms with Crippen molar-refractivity contribution >= 4 is 24.0 Å². The van der Waals surface area contributed by atoms with Gasteiger partial charge in [-0.2, -0.15) is 0 Å². The van der Waals surface area contributed by atoms with Gasteiger partial charge in [0.1, 0.15) is 5.82 Å². The van der Waals surface area contributed by atoms with Crippen molar-refractivity contribution in [2.75, 3.05) is 38.0 Å². The molecule has 4 nitrogen and oxygen atoms in total. The highest BCUT2D eigenvalue weighted by molar-refractivity contribution is 5.92. The molecule has 1 unspecified atom stereocenters. The Balaban J connectivity index is 0.00000176. The van der Waals surface area contributed by atoms with Gasteiger partial charge in [-0.15, -0.1) is 12.4 Å². The molecule has 0 bridgehead atoms. The van der Waals surface area contributed by atoms with Crippen molar-refractivity contribution in [3.05, 3.63) is 29.6 Å². The van der Waals surface area contributed by atoms with Crippen LogP contribution in [0.2, 0.25) is 0 Å². The molecule has 2 saturated heterocycles. The largest absolute Gasteiger partial charge is 0.325 e. The monoisotopic (exact) mass is 327 g/mol.